The molecule has 0 saturated heterocycles. The Morgan fingerprint density at radius 3 is 2.06 bits per heavy atom. The molecule has 0 rings (SSSR count). The van der Waals surface area contributed by atoms with Gasteiger partial charge in [-0.15, -0.1) is 0 Å². The lowest BCUT2D eigenvalue weighted by Gasteiger charge is -2.33. The highest BCUT2D eigenvalue weighted by atomic mass is 16.5. The number of hydrogen-bond acceptors (Lipinski definition) is 3. The van der Waals surface area contributed by atoms with Gasteiger partial charge in [-0.25, -0.2) is 0 Å². The third kappa shape index (κ3) is 4.94. The van der Waals surface area contributed by atoms with Crippen LogP contribution in [0.25, 0.3) is 0 Å². The predicted octanol–water partition coefficient (Wildman–Crippen LogP) is 2.21. The quantitative estimate of drug-likeness (QED) is 0.666. The van der Waals surface area contributed by atoms with E-state index in [-0.39, 0.29) is 17.6 Å². The van der Waals surface area contributed by atoms with E-state index in [0.29, 0.717) is 6.54 Å². The summed E-state index contributed by atoms with van der Waals surface area (Å²) in [6, 6.07) is 0.235. The molecule has 0 aliphatic carbocycles. The minimum Gasteiger partial charge on any atom is -0.361 e. The van der Waals surface area contributed by atoms with Gasteiger partial charge in [-0.2, -0.15) is 0 Å². The van der Waals surface area contributed by atoms with Crippen molar-refractivity contribution in [3.63, 3.8) is 0 Å². The van der Waals surface area contributed by atoms with Gasteiger partial charge in [-0.3, -0.25) is 4.79 Å². The second-order valence-electron chi connectivity index (χ2n) is 4.88. The second kappa shape index (κ2) is 8.48. The Kier molecular flexibility index (Phi) is 8.20. The fourth-order valence-corrected chi connectivity index (χ4v) is 1.99. The van der Waals surface area contributed by atoms with Gasteiger partial charge in [0, 0.05) is 12.6 Å². The van der Waals surface area contributed by atoms with Gasteiger partial charge in [-0.1, -0.05) is 27.7 Å². The number of carbonyl (C=O) groups is 1. The molecule has 108 valence electrons. The zero-order valence-electron chi connectivity index (χ0n) is 12.6. The molecule has 0 bridgehead atoms. The molecule has 1 unspecified atom stereocenters. The molecule has 4 heteroatoms. The largest absolute Gasteiger partial charge is 0.361 e. The number of amides is 1. The molecule has 18 heavy (non-hydrogen) atoms. The van der Waals surface area contributed by atoms with E-state index >= 15 is 0 Å². The summed E-state index contributed by atoms with van der Waals surface area (Å²) in [7, 11) is 0. The Labute approximate surface area is 112 Å². The Morgan fingerprint density at radius 2 is 1.72 bits per heavy atom. The van der Waals surface area contributed by atoms with Crippen LogP contribution in [-0.4, -0.2) is 30.2 Å². The molecular formula is C14H30N2O2. The Hall–Kier alpha value is -0.610. The van der Waals surface area contributed by atoms with Crippen molar-refractivity contribution in [2.24, 2.45) is 5.73 Å². The summed E-state index contributed by atoms with van der Waals surface area (Å²) < 4.78 is 5.90. The van der Waals surface area contributed by atoms with Crippen LogP contribution >= 0.6 is 0 Å². The number of carbonyl (C=O) groups excluding carboxylic acids is 1. The maximum Gasteiger partial charge on any atom is 0.249 e. The molecule has 0 aliphatic rings. The van der Waals surface area contributed by atoms with Crippen LogP contribution in [0.15, 0.2) is 0 Å². The zero-order valence-corrected chi connectivity index (χ0v) is 12.6. The average molecular weight is 258 g/mol. The van der Waals surface area contributed by atoms with E-state index in [1.807, 2.05) is 13.8 Å². The predicted molar refractivity (Wildman–Crippen MR) is 75.4 cm³/mol. The summed E-state index contributed by atoms with van der Waals surface area (Å²) >= 11 is 0. The monoisotopic (exact) mass is 258 g/mol. The van der Waals surface area contributed by atoms with Gasteiger partial charge in [0.2, 0.25) is 5.91 Å². The van der Waals surface area contributed by atoms with Crippen LogP contribution in [0, 0.1) is 0 Å². The average Bonchev–Trinajstić information content (AvgIpc) is 2.41. The van der Waals surface area contributed by atoms with Crippen LogP contribution in [-0.2, 0) is 9.53 Å². The lowest BCUT2D eigenvalue weighted by molar-refractivity contribution is -0.146. The van der Waals surface area contributed by atoms with Gasteiger partial charge in [0.25, 0.3) is 0 Å². The Bertz CT molecular complexity index is 228. The third-order valence-corrected chi connectivity index (χ3v) is 3.79. The summed E-state index contributed by atoms with van der Waals surface area (Å²) in [5, 5.41) is 3.01. The lowest BCUT2D eigenvalue weighted by atomic mass is 9.97. The molecule has 0 spiro atoms. The maximum atomic E-state index is 12.0. The fourth-order valence-electron chi connectivity index (χ4n) is 1.99. The molecule has 0 aromatic carbocycles. The van der Waals surface area contributed by atoms with E-state index < -0.39 is 6.10 Å². The van der Waals surface area contributed by atoms with E-state index in [4.69, 9.17) is 10.5 Å². The van der Waals surface area contributed by atoms with Gasteiger partial charge < -0.3 is 15.8 Å². The molecule has 0 saturated carbocycles. The van der Waals surface area contributed by atoms with Gasteiger partial charge in [-0.05, 0) is 32.6 Å². The fraction of sp³-hybridized carbons (Fsp3) is 0.929. The van der Waals surface area contributed by atoms with Crippen molar-refractivity contribution in [3.8, 4) is 0 Å². The van der Waals surface area contributed by atoms with E-state index in [2.05, 4.69) is 19.2 Å². The van der Waals surface area contributed by atoms with E-state index in [1.54, 1.807) is 6.92 Å². The molecule has 0 fully saturated rings. The van der Waals surface area contributed by atoms with Crippen LogP contribution in [0.2, 0.25) is 0 Å². The molecule has 0 heterocycles. The van der Waals surface area contributed by atoms with Crippen LogP contribution in [0.4, 0.5) is 0 Å². The standard InChI is InChI=1S/C14H30N2O2/c1-6-12(7-2)16-13(17)11(5)18-14(8-3,9-4)10-15/h11-12H,6-10,15H2,1-5H3,(H,16,17). The van der Waals surface area contributed by atoms with Crippen molar-refractivity contribution >= 4 is 5.91 Å². The van der Waals surface area contributed by atoms with Crippen molar-refractivity contribution in [1.29, 1.82) is 0 Å². The first kappa shape index (κ1) is 17.4. The van der Waals surface area contributed by atoms with Crippen molar-refractivity contribution in [1.82, 2.24) is 5.32 Å². The van der Waals surface area contributed by atoms with E-state index in [1.165, 1.54) is 0 Å². The highest BCUT2D eigenvalue weighted by Crippen LogP contribution is 2.21. The first-order valence-corrected chi connectivity index (χ1v) is 7.16. The van der Waals surface area contributed by atoms with Crippen molar-refractivity contribution < 1.29 is 9.53 Å². The van der Waals surface area contributed by atoms with Gasteiger partial charge in [0.05, 0.1) is 5.60 Å². The molecule has 1 atom stereocenters. The Morgan fingerprint density at radius 1 is 1.22 bits per heavy atom. The first-order valence-electron chi connectivity index (χ1n) is 7.16. The van der Waals surface area contributed by atoms with Crippen molar-refractivity contribution in [2.45, 2.75) is 78.0 Å². The van der Waals surface area contributed by atoms with Crippen LogP contribution in [0.1, 0.15) is 60.3 Å². The maximum absolute atomic E-state index is 12.0. The molecule has 4 nitrogen and oxygen atoms in total. The minimum absolute atomic E-state index is 0.0385. The van der Waals surface area contributed by atoms with Crippen molar-refractivity contribution in [3.05, 3.63) is 0 Å². The summed E-state index contributed by atoms with van der Waals surface area (Å²) in [4.78, 5) is 12.0. The SMILES string of the molecule is CCC(CC)NC(=O)C(C)OC(CC)(CC)CN. The molecular weight excluding hydrogens is 228 g/mol. The summed E-state index contributed by atoms with van der Waals surface area (Å²) in [5.41, 5.74) is 5.40. The summed E-state index contributed by atoms with van der Waals surface area (Å²) in [6.07, 6.45) is 3.08. The van der Waals surface area contributed by atoms with E-state index in [9.17, 15) is 4.79 Å². The molecule has 0 aliphatic heterocycles. The minimum atomic E-state index is -0.450. The topological polar surface area (TPSA) is 64.3 Å². The smallest absolute Gasteiger partial charge is 0.249 e. The van der Waals surface area contributed by atoms with Crippen molar-refractivity contribution in [2.75, 3.05) is 6.54 Å². The number of hydrogen-bond donors (Lipinski definition) is 2. The van der Waals surface area contributed by atoms with Crippen LogP contribution in [0.5, 0.6) is 0 Å². The molecule has 0 radical (unpaired) electrons. The van der Waals surface area contributed by atoms with Gasteiger partial charge >= 0.3 is 0 Å². The summed E-state index contributed by atoms with van der Waals surface area (Å²) in [5.74, 6) is -0.0385. The summed E-state index contributed by atoms with van der Waals surface area (Å²) in [6.45, 7) is 10.5. The number of ether oxygens (including phenoxy) is 1. The highest BCUT2D eigenvalue weighted by molar-refractivity contribution is 5.80. The molecule has 0 aromatic heterocycles. The number of nitrogens with two attached hydrogens (primary N) is 1. The van der Waals surface area contributed by atoms with Crippen LogP contribution in [0.3, 0.4) is 0 Å². The second-order valence-corrected chi connectivity index (χ2v) is 4.88. The van der Waals surface area contributed by atoms with E-state index in [0.717, 1.165) is 25.7 Å². The number of rotatable bonds is 9. The highest BCUT2D eigenvalue weighted by Gasteiger charge is 2.30. The number of nitrogens with one attached hydrogen (secondary N) is 1. The zero-order chi connectivity index (χ0) is 14.2. The lowest BCUT2D eigenvalue weighted by Crippen LogP contribution is -2.48. The normalized spacial score (nSPS) is 13.7. The molecule has 0 aromatic rings. The molecule has 3 N–H and O–H groups in total. The third-order valence-electron chi connectivity index (χ3n) is 3.79. The van der Waals surface area contributed by atoms with Gasteiger partial charge in [0.15, 0.2) is 0 Å². The molecule has 1 amide bonds. The van der Waals surface area contributed by atoms with Crippen LogP contribution < -0.4 is 11.1 Å². The first-order chi connectivity index (χ1) is 8.48. The van der Waals surface area contributed by atoms with Gasteiger partial charge in [0.1, 0.15) is 6.10 Å². The Balaban J connectivity index is 4.46.